The second-order valence-corrected chi connectivity index (χ2v) is 4.47. The Hall–Kier alpha value is -1.30. The molecule has 0 aromatic heterocycles. The Morgan fingerprint density at radius 3 is 2.76 bits per heavy atom. The number of rotatable bonds is 6. The van der Waals surface area contributed by atoms with Crippen LogP contribution in [-0.2, 0) is 4.79 Å². The van der Waals surface area contributed by atoms with Crippen LogP contribution in [0.5, 0.6) is 0 Å². The monoisotopic (exact) mass is 242 g/mol. The Bertz CT molecular complexity index is 275. The number of amides is 1. The molecule has 17 heavy (non-hydrogen) atoms. The molecule has 0 aromatic carbocycles. The third-order valence-corrected chi connectivity index (χ3v) is 3.05. The first kappa shape index (κ1) is 13.8. The lowest BCUT2D eigenvalue weighted by Crippen LogP contribution is -2.34. The van der Waals surface area contributed by atoms with E-state index in [2.05, 4.69) is 10.5 Å². The summed E-state index contributed by atoms with van der Waals surface area (Å²) >= 11 is 0. The van der Waals surface area contributed by atoms with E-state index < -0.39 is 0 Å². The summed E-state index contributed by atoms with van der Waals surface area (Å²) in [6, 6.07) is 0. The fraction of sp³-hybridized carbons (Fsp3) is 0.818. The maximum atomic E-state index is 11.7. The van der Waals surface area contributed by atoms with E-state index in [1.807, 2.05) is 11.8 Å². The van der Waals surface area contributed by atoms with Crippen LogP contribution in [0.3, 0.4) is 0 Å². The molecule has 6 heteroatoms. The molecule has 1 aliphatic heterocycles. The Morgan fingerprint density at radius 1 is 1.53 bits per heavy atom. The highest BCUT2D eigenvalue weighted by Crippen LogP contribution is 2.08. The van der Waals surface area contributed by atoms with E-state index in [9.17, 15) is 4.79 Å². The Kier molecular flexibility index (Phi) is 5.76. The molecule has 1 saturated heterocycles. The van der Waals surface area contributed by atoms with Crippen molar-refractivity contribution in [1.82, 2.24) is 10.2 Å². The second-order valence-electron chi connectivity index (χ2n) is 4.47. The average Bonchev–Trinajstić information content (AvgIpc) is 2.86. The van der Waals surface area contributed by atoms with Gasteiger partial charge in [0.1, 0.15) is 5.84 Å². The molecule has 1 rings (SSSR count). The maximum absolute atomic E-state index is 11.7. The predicted molar refractivity (Wildman–Crippen MR) is 65.9 cm³/mol. The van der Waals surface area contributed by atoms with Crippen LogP contribution in [0.15, 0.2) is 5.16 Å². The third-order valence-electron chi connectivity index (χ3n) is 3.05. The summed E-state index contributed by atoms with van der Waals surface area (Å²) in [6.07, 6.45) is 2.77. The van der Waals surface area contributed by atoms with Gasteiger partial charge >= 0.3 is 0 Å². The van der Waals surface area contributed by atoms with Gasteiger partial charge in [-0.15, -0.1) is 0 Å². The van der Waals surface area contributed by atoms with Gasteiger partial charge in [-0.05, 0) is 12.8 Å². The number of likely N-dealkylation sites (tertiary alicyclic amines) is 1. The molecular weight excluding hydrogens is 220 g/mol. The number of hydrogen-bond donors (Lipinski definition) is 3. The van der Waals surface area contributed by atoms with Crippen LogP contribution < -0.4 is 11.1 Å². The van der Waals surface area contributed by atoms with Crippen LogP contribution in [-0.4, -0.2) is 48.0 Å². The van der Waals surface area contributed by atoms with Gasteiger partial charge in [0.25, 0.3) is 0 Å². The number of amidine groups is 1. The van der Waals surface area contributed by atoms with Crippen LogP contribution in [0.2, 0.25) is 0 Å². The SMILES string of the molecule is CC(CNCCC(=O)N1CCCC1)C(N)=NO. The lowest BCUT2D eigenvalue weighted by atomic mass is 10.1. The highest BCUT2D eigenvalue weighted by atomic mass is 16.4. The average molecular weight is 242 g/mol. The number of oxime groups is 1. The minimum Gasteiger partial charge on any atom is -0.409 e. The first-order chi connectivity index (χ1) is 8.15. The number of hydrogen-bond acceptors (Lipinski definition) is 4. The van der Waals surface area contributed by atoms with Gasteiger partial charge in [0.15, 0.2) is 0 Å². The molecule has 98 valence electrons. The Labute approximate surface area is 102 Å². The zero-order chi connectivity index (χ0) is 12.7. The van der Waals surface area contributed by atoms with E-state index in [0.29, 0.717) is 19.5 Å². The van der Waals surface area contributed by atoms with Crippen molar-refractivity contribution in [2.75, 3.05) is 26.2 Å². The van der Waals surface area contributed by atoms with E-state index in [1.165, 1.54) is 0 Å². The quantitative estimate of drug-likeness (QED) is 0.200. The van der Waals surface area contributed by atoms with Crippen molar-refractivity contribution in [3.05, 3.63) is 0 Å². The lowest BCUT2D eigenvalue weighted by Gasteiger charge is -2.16. The van der Waals surface area contributed by atoms with Crippen molar-refractivity contribution in [2.45, 2.75) is 26.2 Å². The van der Waals surface area contributed by atoms with Crippen molar-refractivity contribution in [2.24, 2.45) is 16.8 Å². The number of nitrogens with two attached hydrogens (primary N) is 1. The van der Waals surface area contributed by atoms with Crippen LogP contribution in [0.1, 0.15) is 26.2 Å². The minimum atomic E-state index is -0.0260. The largest absolute Gasteiger partial charge is 0.409 e. The zero-order valence-electron chi connectivity index (χ0n) is 10.4. The maximum Gasteiger partial charge on any atom is 0.223 e. The normalized spacial score (nSPS) is 18.4. The number of nitrogens with zero attached hydrogens (tertiary/aromatic N) is 2. The topological polar surface area (TPSA) is 91.0 Å². The fourth-order valence-electron chi connectivity index (χ4n) is 1.84. The van der Waals surface area contributed by atoms with Gasteiger partial charge in [0, 0.05) is 38.5 Å². The van der Waals surface area contributed by atoms with Gasteiger partial charge in [0.05, 0.1) is 0 Å². The number of nitrogens with one attached hydrogen (secondary N) is 1. The van der Waals surface area contributed by atoms with E-state index in [1.54, 1.807) is 0 Å². The molecule has 0 spiro atoms. The molecule has 4 N–H and O–H groups in total. The summed E-state index contributed by atoms with van der Waals surface area (Å²) in [5, 5.41) is 14.5. The molecule has 0 radical (unpaired) electrons. The van der Waals surface area contributed by atoms with E-state index in [-0.39, 0.29) is 17.7 Å². The third kappa shape index (κ3) is 4.60. The van der Waals surface area contributed by atoms with Gasteiger partial charge in [-0.3, -0.25) is 4.79 Å². The molecule has 1 atom stereocenters. The molecule has 1 unspecified atom stereocenters. The van der Waals surface area contributed by atoms with Crippen molar-refractivity contribution in [3.63, 3.8) is 0 Å². The van der Waals surface area contributed by atoms with Gasteiger partial charge in [-0.2, -0.15) is 0 Å². The minimum absolute atomic E-state index is 0.0260. The second kappa shape index (κ2) is 7.11. The first-order valence-electron chi connectivity index (χ1n) is 6.11. The highest BCUT2D eigenvalue weighted by molar-refractivity contribution is 5.82. The molecule has 1 aliphatic rings. The van der Waals surface area contributed by atoms with Crippen molar-refractivity contribution >= 4 is 11.7 Å². The summed E-state index contributed by atoms with van der Waals surface area (Å²) in [7, 11) is 0. The van der Waals surface area contributed by atoms with Crippen LogP contribution in [0.4, 0.5) is 0 Å². The number of carbonyl (C=O) groups is 1. The van der Waals surface area contributed by atoms with Crippen molar-refractivity contribution in [3.8, 4) is 0 Å². The summed E-state index contributed by atoms with van der Waals surface area (Å²) in [4.78, 5) is 13.6. The fourth-order valence-corrected chi connectivity index (χ4v) is 1.84. The Morgan fingerprint density at radius 2 is 2.18 bits per heavy atom. The molecule has 1 heterocycles. The summed E-state index contributed by atoms with van der Waals surface area (Å²) in [5.41, 5.74) is 5.44. The summed E-state index contributed by atoms with van der Waals surface area (Å²) in [5.74, 6) is 0.400. The van der Waals surface area contributed by atoms with E-state index in [0.717, 1.165) is 25.9 Å². The van der Waals surface area contributed by atoms with Crippen LogP contribution in [0, 0.1) is 5.92 Å². The van der Waals surface area contributed by atoms with Crippen LogP contribution >= 0.6 is 0 Å². The molecule has 1 amide bonds. The van der Waals surface area contributed by atoms with Crippen molar-refractivity contribution in [1.29, 1.82) is 0 Å². The molecule has 0 aromatic rings. The molecule has 1 fully saturated rings. The molecule has 6 nitrogen and oxygen atoms in total. The number of carbonyl (C=O) groups excluding carboxylic acids is 1. The lowest BCUT2D eigenvalue weighted by molar-refractivity contribution is -0.130. The first-order valence-corrected chi connectivity index (χ1v) is 6.11. The van der Waals surface area contributed by atoms with Gasteiger partial charge < -0.3 is 21.2 Å². The standard InChI is InChI=1S/C11H22N4O2/c1-9(11(12)14-17)8-13-5-4-10(16)15-6-2-3-7-15/h9,13,17H,2-8H2,1H3,(H2,12,14). The summed E-state index contributed by atoms with van der Waals surface area (Å²) < 4.78 is 0. The van der Waals surface area contributed by atoms with Gasteiger partial charge in [-0.25, -0.2) is 0 Å². The van der Waals surface area contributed by atoms with Crippen molar-refractivity contribution < 1.29 is 10.0 Å². The molecule has 0 aliphatic carbocycles. The van der Waals surface area contributed by atoms with E-state index >= 15 is 0 Å². The Balaban J connectivity index is 2.09. The summed E-state index contributed by atoms with van der Waals surface area (Å²) in [6.45, 7) is 4.92. The smallest absolute Gasteiger partial charge is 0.223 e. The molecule has 0 bridgehead atoms. The van der Waals surface area contributed by atoms with E-state index in [4.69, 9.17) is 10.9 Å². The van der Waals surface area contributed by atoms with Crippen LogP contribution in [0.25, 0.3) is 0 Å². The predicted octanol–water partition coefficient (Wildman–Crippen LogP) is -0.0290. The molecule has 0 saturated carbocycles. The molecular formula is C11H22N4O2. The highest BCUT2D eigenvalue weighted by Gasteiger charge is 2.17. The van der Waals surface area contributed by atoms with Gasteiger partial charge in [0.2, 0.25) is 5.91 Å². The zero-order valence-corrected chi connectivity index (χ0v) is 10.4. The van der Waals surface area contributed by atoms with Gasteiger partial charge in [-0.1, -0.05) is 12.1 Å².